The predicted octanol–water partition coefficient (Wildman–Crippen LogP) is 2.40. The molecule has 1 nitrogen and oxygen atoms in total. The fourth-order valence-electron chi connectivity index (χ4n) is 1.70. The first kappa shape index (κ1) is 8.09. The van der Waals surface area contributed by atoms with E-state index >= 15 is 0 Å². The van der Waals surface area contributed by atoms with Crippen LogP contribution in [0.5, 0.6) is 0 Å². The van der Waals surface area contributed by atoms with Gasteiger partial charge in [-0.2, -0.15) is 0 Å². The van der Waals surface area contributed by atoms with Crippen molar-refractivity contribution in [1.29, 1.82) is 0 Å². The van der Waals surface area contributed by atoms with Crippen LogP contribution in [0, 0.1) is 5.92 Å². The minimum absolute atomic E-state index is 0.353. The molecule has 0 bridgehead atoms. The molecule has 0 aliphatic heterocycles. The largest absolute Gasteiger partial charge is 0.327 e. The molecule has 0 saturated heterocycles. The molecule has 0 amide bonds. The Morgan fingerprint density at radius 2 is 1.75 bits per heavy atom. The maximum Gasteiger partial charge on any atom is 0.0406 e. The summed E-state index contributed by atoms with van der Waals surface area (Å²) in [6, 6.07) is 8.34. The van der Waals surface area contributed by atoms with Crippen molar-refractivity contribution in [1.82, 2.24) is 0 Å². The first-order valence-corrected chi connectivity index (χ1v) is 4.59. The molecule has 1 aromatic rings. The van der Waals surface area contributed by atoms with E-state index in [9.17, 15) is 0 Å². The third-order valence-electron chi connectivity index (χ3n) is 2.70. The normalized spacial score (nSPS) is 33.4. The first-order valence-electron chi connectivity index (χ1n) is 4.21. The maximum atomic E-state index is 5.85. The van der Waals surface area contributed by atoms with Crippen LogP contribution in [0.3, 0.4) is 0 Å². The lowest BCUT2D eigenvalue weighted by Gasteiger charge is -1.97. The maximum absolute atomic E-state index is 5.85. The van der Waals surface area contributed by atoms with Gasteiger partial charge in [0.1, 0.15) is 0 Å². The summed E-state index contributed by atoms with van der Waals surface area (Å²) < 4.78 is 0. The highest BCUT2D eigenvalue weighted by Crippen LogP contribution is 2.45. The van der Waals surface area contributed by atoms with Crippen LogP contribution in [-0.4, -0.2) is 6.04 Å². The zero-order valence-electron chi connectivity index (χ0n) is 7.00. The second-order valence-corrected chi connectivity index (χ2v) is 3.95. The monoisotopic (exact) mass is 181 g/mol. The predicted molar refractivity (Wildman–Crippen MR) is 51.3 cm³/mol. The van der Waals surface area contributed by atoms with Crippen molar-refractivity contribution < 1.29 is 0 Å². The quantitative estimate of drug-likeness (QED) is 0.708. The van der Waals surface area contributed by atoms with Gasteiger partial charge in [-0.15, -0.1) is 0 Å². The van der Waals surface area contributed by atoms with Gasteiger partial charge in [0.25, 0.3) is 0 Å². The van der Waals surface area contributed by atoms with E-state index in [-0.39, 0.29) is 0 Å². The fourth-order valence-corrected chi connectivity index (χ4v) is 1.83. The van der Waals surface area contributed by atoms with Crippen LogP contribution in [0.4, 0.5) is 0 Å². The number of nitrogens with two attached hydrogens (primary N) is 1. The molecular weight excluding hydrogens is 170 g/mol. The van der Waals surface area contributed by atoms with E-state index in [1.165, 1.54) is 5.56 Å². The summed E-state index contributed by atoms with van der Waals surface area (Å²) in [5.74, 6) is 1.19. The Labute approximate surface area is 77.5 Å². The number of hydrogen-bond donors (Lipinski definition) is 1. The molecule has 0 radical (unpaired) electrons. The van der Waals surface area contributed by atoms with Crippen LogP contribution in [0.25, 0.3) is 0 Å². The molecule has 0 spiro atoms. The lowest BCUT2D eigenvalue weighted by Crippen LogP contribution is -2.02. The van der Waals surface area contributed by atoms with Gasteiger partial charge >= 0.3 is 0 Å². The van der Waals surface area contributed by atoms with Crippen molar-refractivity contribution >= 4 is 11.6 Å². The smallest absolute Gasteiger partial charge is 0.0406 e. The third-order valence-corrected chi connectivity index (χ3v) is 2.95. The molecule has 3 atom stereocenters. The van der Waals surface area contributed by atoms with E-state index < -0.39 is 0 Å². The lowest BCUT2D eigenvalue weighted by atomic mass is 10.1. The molecule has 12 heavy (non-hydrogen) atoms. The van der Waals surface area contributed by atoms with Crippen LogP contribution >= 0.6 is 11.6 Å². The Kier molecular flexibility index (Phi) is 1.85. The van der Waals surface area contributed by atoms with Crippen molar-refractivity contribution in [2.45, 2.75) is 18.9 Å². The van der Waals surface area contributed by atoms with Gasteiger partial charge in [0.15, 0.2) is 0 Å². The van der Waals surface area contributed by atoms with Gasteiger partial charge in [-0.3, -0.25) is 0 Å². The molecule has 64 valence electrons. The summed E-state index contributed by atoms with van der Waals surface area (Å²) >= 11 is 5.78. The number of benzene rings is 1. The van der Waals surface area contributed by atoms with Crippen LogP contribution in [0.1, 0.15) is 18.4 Å². The summed E-state index contributed by atoms with van der Waals surface area (Å²) in [5.41, 5.74) is 7.17. The molecule has 3 unspecified atom stereocenters. The Bertz CT molecular complexity index is 272. The van der Waals surface area contributed by atoms with Crippen molar-refractivity contribution in [2.24, 2.45) is 11.7 Å². The van der Waals surface area contributed by atoms with Gasteiger partial charge in [0.05, 0.1) is 0 Å². The Balaban J connectivity index is 2.20. The average molecular weight is 182 g/mol. The Morgan fingerprint density at radius 3 is 2.17 bits per heavy atom. The summed E-state index contributed by atoms with van der Waals surface area (Å²) in [5, 5.41) is 0.792. The van der Waals surface area contributed by atoms with Crippen LogP contribution in [-0.2, 0) is 0 Å². The SMILES string of the molecule is CC1C(N)C1c1ccc(Cl)cc1. The van der Waals surface area contributed by atoms with Crippen molar-refractivity contribution in [3.05, 3.63) is 34.9 Å². The standard InChI is InChI=1S/C10H12ClN/c1-6-9(10(6)12)7-2-4-8(11)5-3-7/h2-6,9-10H,12H2,1H3. The van der Waals surface area contributed by atoms with Gasteiger partial charge in [0, 0.05) is 17.0 Å². The average Bonchev–Trinajstić information content (AvgIpc) is 2.63. The number of rotatable bonds is 1. The molecule has 1 aliphatic rings. The molecule has 2 rings (SSSR count). The van der Waals surface area contributed by atoms with E-state index in [0.29, 0.717) is 17.9 Å². The summed E-state index contributed by atoms with van der Waals surface area (Å²) in [6.07, 6.45) is 0. The minimum atomic E-state index is 0.353. The molecule has 0 aromatic heterocycles. The number of hydrogen-bond acceptors (Lipinski definition) is 1. The highest BCUT2D eigenvalue weighted by atomic mass is 35.5. The van der Waals surface area contributed by atoms with E-state index in [2.05, 4.69) is 19.1 Å². The van der Waals surface area contributed by atoms with Gasteiger partial charge in [-0.25, -0.2) is 0 Å². The van der Waals surface area contributed by atoms with E-state index in [1.54, 1.807) is 0 Å². The molecule has 2 N–H and O–H groups in total. The topological polar surface area (TPSA) is 26.0 Å². The summed E-state index contributed by atoms with van der Waals surface area (Å²) in [6.45, 7) is 2.18. The van der Waals surface area contributed by atoms with E-state index in [1.807, 2.05) is 12.1 Å². The van der Waals surface area contributed by atoms with E-state index in [4.69, 9.17) is 17.3 Å². The second-order valence-electron chi connectivity index (χ2n) is 3.51. The van der Waals surface area contributed by atoms with Gasteiger partial charge < -0.3 is 5.73 Å². The molecular formula is C10H12ClN. The zero-order valence-corrected chi connectivity index (χ0v) is 7.75. The van der Waals surface area contributed by atoms with Crippen LogP contribution in [0.15, 0.2) is 24.3 Å². The molecule has 2 heteroatoms. The summed E-state index contributed by atoms with van der Waals surface area (Å²) in [4.78, 5) is 0. The lowest BCUT2D eigenvalue weighted by molar-refractivity contribution is 0.885. The molecule has 0 heterocycles. The Hall–Kier alpha value is -0.530. The Morgan fingerprint density at radius 1 is 1.25 bits per heavy atom. The second kappa shape index (κ2) is 2.75. The van der Waals surface area contributed by atoms with Crippen LogP contribution < -0.4 is 5.73 Å². The van der Waals surface area contributed by atoms with Gasteiger partial charge in [-0.1, -0.05) is 30.7 Å². The fraction of sp³-hybridized carbons (Fsp3) is 0.400. The molecule has 1 aromatic carbocycles. The highest BCUT2D eigenvalue weighted by molar-refractivity contribution is 6.30. The first-order chi connectivity index (χ1) is 5.70. The molecule has 1 fully saturated rings. The van der Waals surface area contributed by atoms with Crippen molar-refractivity contribution in [2.75, 3.05) is 0 Å². The highest BCUT2D eigenvalue weighted by Gasteiger charge is 2.44. The minimum Gasteiger partial charge on any atom is -0.327 e. The molecule has 1 saturated carbocycles. The van der Waals surface area contributed by atoms with Crippen molar-refractivity contribution in [3.8, 4) is 0 Å². The van der Waals surface area contributed by atoms with Gasteiger partial charge in [0.2, 0.25) is 0 Å². The van der Waals surface area contributed by atoms with Crippen LogP contribution in [0.2, 0.25) is 5.02 Å². The zero-order chi connectivity index (χ0) is 8.72. The molecule has 1 aliphatic carbocycles. The van der Waals surface area contributed by atoms with E-state index in [0.717, 1.165) is 5.02 Å². The third kappa shape index (κ3) is 1.23. The number of halogens is 1. The van der Waals surface area contributed by atoms with Crippen molar-refractivity contribution in [3.63, 3.8) is 0 Å². The summed E-state index contributed by atoms with van der Waals surface area (Å²) in [7, 11) is 0. The van der Waals surface area contributed by atoms with Gasteiger partial charge in [-0.05, 0) is 23.6 Å².